The molecule has 0 saturated carbocycles. The minimum atomic E-state index is -4.73. The minimum absolute atomic E-state index is 0.0329. The van der Waals surface area contributed by atoms with Crippen LogP contribution < -0.4 is 10.1 Å². The van der Waals surface area contributed by atoms with Crippen LogP contribution in [0.1, 0.15) is 0 Å². The first-order valence-corrected chi connectivity index (χ1v) is 5.57. The summed E-state index contributed by atoms with van der Waals surface area (Å²) >= 11 is 0. The molecule has 0 atom stereocenters. The lowest BCUT2D eigenvalue weighted by molar-refractivity contribution is -0.163. The summed E-state index contributed by atoms with van der Waals surface area (Å²) in [5.41, 5.74) is -0.0329. The van der Waals surface area contributed by atoms with Crippen LogP contribution in [-0.2, 0) is 9.53 Å². The van der Waals surface area contributed by atoms with E-state index in [2.05, 4.69) is 0 Å². The van der Waals surface area contributed by atoms with Crippen molar-refractivity contribution in [3.63, 3.8) is 0 Å². The zero-order valence-corrected chi connectivity index (χ0v) is 10.5. The highest BCUT2D eigenvalue weighted by Crippen LogP contribution is 2.25. The van der Waals surface area contributed by atoms with E-state index in [1.807, 2.05) is 0 Å². The molecule has 1 aromatic rings. The van der Waals surface area contributed by atoms with Gasteiger partial charge in [0.05, 0.1) is 6.61 Å². The number of benzene rings is 1. The first kappa shape index (κ1) is 16.2. The maximum atomic E-state index is 12.7. The quantitative estimate of drug-likeness (QED) is 0.621. The number of alkyl halides is 4. The number of carbonyl (C=O) groups is 1. The van der Waals surface area contributed by atoms with Crippen LogP contribution >= 0.6 is 0 Å². The zero-order valence-electron chi connectivity index (χ0n) is 10.5. The van der Waals surface area contributed by atoms with Crippen molar-refractivity contribution in [2.24, 2.45) is 0 Å². The molecule has 0 radical (unpaired) electrons. The number of hydrogen-bond donors (Lipinski definition) is 1. The van der Waals surface area contributed by atoms with Gasteiger partial charge in [-0.3, -0.25) is 4.79 Å². The van der Waals surface area contributed by atoms with Crippen molar-refractivity contribution < 1.29 is 31.8 Å². The van der Waals surface area contributed by atoms with E-state index in [4.69, 9.17) is 9.47 Å². The summed E-state index contributed by atoms with van der Waals surface area (Å²) in [6.07, 6.45) is -4.06. The molecule has 4 nitrogen and oxygen atoms in total. The molecule has 8 heteroatoms. The molecule has 0 saturated heterocycles. The lowest BCUT2D eigenvalue weighted by Gasteiger charge is -2.15. The Hall–Kier alpha value is -1.83. The van der Waals surface area contributed by atoms with Crippen molar-refractivity contribution in [3.05, 3.63) is 24.3 Å². The van der Waals surface area contributed by atoms with Gasteiger partial charge >= 0.3 is 18.3 Å². The van der Waals surface area contributed by atoms with Gasteiger partial charge in [0, 0.05) is 12.8 Å². The number of halogens is 4. The van der Waals surface area contributed by atoms with E-state index >= 15 is 0 Å². The van der Waals surface area contributed by atoms with Gasteiger partial charge in [0.1, 0.15) is 12.4 Å². The fourth-order valence-corrected chi connectivity index (χ4v) is 1.19. The number of rotatable bonds is 7. The van der Waals surface area contributed by atoms with Crippen molar-refractivity contribution in [2.75, 3.05) is 25.6 Å². The number of amides is 1. The average molecular weight is 295 g/mol. The number of anilines is 1. The normalized spacial score (nSPS) is 11.5. The summed E-state index contributed by atoms with van der Waals surface area (Å²) in [6, 6.07) is 5.35. The van der Waals surface area contributed by atoms with E-state index in [1.54, 1.807) is 5.32 Å². The molecular formula is C12H13F4NO3. The number of carbonyl (C=O) groups excluding carboxylic acids is 1. The lowest BCUT2D eigenvalue weighted by atomic mass is 10.2. The highest BCUT2D eigenvalue weighted by molar-refractivity contribution is 5.96. The maximum Gasteiger partial charge on any atom is 0.383 e. The van der Waals surface area contributed by atoms with Crippen molar-refractivity contribution in [2.45, 2.75) is 12.3 Å². The van der Waals surface area contributed by atoms with E-state index in [-0.39, 0.29) is 5.69 Å². The van der Waals surface area contributed by atoms with Gasteiger partial charge < -0.3 is 14.8 Å². The second kappa shape index (κ2) is 7.09. The average Bonchev–Trinajstić information content (AvgIpc) is 2.40. The topological polar surface area (TPSA) is 47.6 Å². The Kier molecular flexibility index (Phi) is 5.75. The molecule has 0 fully saturated rings. The number of hydrogen-bond acceptors (Lipinski definition) is 3. The largest absolute Gasteiger partial charge is 0.491 e. The second-order valence-electron chi connectivity index (χ2n) is 3.74. The number of nitrogens with one attached hydrogen (secondary N) is 1. The van der Waals surface area contributed by atoms with Crippen LogP contribution in [-0.4, -0.2) is 38.6 Å². The van der Waals surface area contributed by atoms with Crippen molar-refractivity contribution in [3.8, 4) is 5.75 Å². The molecule has 112 valence electrons. The summed E-state index contributed by atoms with van der Waals surface area (Å²) in [4.78, 5) is 11.0. The monoisotopic (exact) mass is 295 g/mol. The molecule has 20 heavy (non-hydrogen) atoms. The Bertz CT molecular complexity index is 437. The zero-order chi connectivity index (χ0) is 15.2. The smallest absolute Gasteiger partial charge is 0.383 e. The number of methoxy groups -OCH3 is 1. The minimum Gasteiger partial charge on any atom is -0.491 e. The van der Waals surface area contributed by atoms with Crippen LogP contribution in [0, 0.1) is 0 Å². The molecule has 0 spiro atoms. The third kappa shape index (κ3) is 4.37. The molecule has 0 unspecified atom stereocenters. The maximum absolute atomic E-state index is 12.7. The molecule has 0 bridgehead atoms. The van der Waals surface area contributed by atoms with Gasteiger partial charge in [-0.25, -0.2) is 8.78 Å². The van der Waals surface area contributed by atoms with Gasteiger partial charge in [-0.05, 0) is 24.3 Å². The summed E-state index contributed by atoms with van der Waals surface area (Å²) in [5, 5.41) is 1.71. The predicted molar refractivity (Wildman–Crippen MR) is 63.4 cm³/mol. The van der Waals surface area contributed by atoms with E-state index < -0.39 is 18.3 Å². The fourth-order valence-electron chi connectivity index (χ4n) is 1.19. The van der Waals surface area contributed by atoms with Crippen LogP contribution in [0.4, 0.5) is 23.2 Å². The van der Waals surface area contributed by atoms with E-state index in [0.717, 1.165) is 0 Å². The van der Waals surface area contributed by atoms with Crippen molar-refractivity contribution in [1.82, 2.24) is 0 Å². The Morgan fingerprint density at radius 2 is 1.85 bits per heavy atom. The first-order valence-electron chi connectivity index (χ1n) is 5.57. The van der Waals surface area contributed by atoms with Gasteiger partial charge in [-0.2, -0.15) is 8.78 Å². The van der Waals surface area contributed by atoms with Gasteiger partial charge in [0.2, 0.25) is 0 Å². The van der Waals surface area contributed by atoms with Crippen LogP contribution in [0.5, 0.6) is 5.75 Å². The summed E-state index contributed by atoms with van der Waals surface area (Å²) in [5.74, 6) is -6.35. The second-order valence-corrected chi connectivity index (χ2v) is 3.74. The van der Waals surface area contributed by atoms with Crippen molar-refractivity contribution >= 4 is 11.6 Å². The highest BCUT2D eigenvalue weighted by atomic mass is 19.3. The third-order valence-electron chi connectivity index (χ3n) is 2.25. The Morgan fingerprint density at radius 1 is 1.25 bits per heavy atom. The van der Waals surface area contributed by atoms with Gasteiger partial charge in [-0.1, -0.05) is 0 Å². The standard InChI is InChI=1S/C12H13F4NO3/c1-19-6-7-20-9-4-2-8(3-5-9)17-11(18)12(15,16)10(13)14/h2-5,10H,6-7H2,1H3,(H,17,18). The SMILES string of the molecule is COCCOc1ccc(NC(=O)C(F)(F)C(F)F)cc1. The Balaban J connectivity index is 2.59. The summed E-state index contributed by atoms with van der Waals surface area (Å²) in [6.45, 7) is 0.671. The predicted octanol–water partition coefficient (Wildman–Crippen LogP) is 2.55. The van der Waals surface area contributed by atoms with Gasteiger partial charge in [0.15, 0.2) is 0 Å². The molecule has 1 aromatic carbocycles. The Morgan fingerprint density at radius 3 is 2.35 bits per heavy atom. The molecule has 1 rings (SSSR count). The molecule has 1 amide bonds. The molecule has 0 aliphatic rings. The first-order chi connectivity index (χ1) is 9.37. The summed E-state index contributed by atoms with van der Waals surface area (Å²) in [7, 11) is 1.51. The van der Waals surface area contributed by atoms with E-state index in [1.165, 1.54) is 31.4 Å². The molecule has 1 N–H and O–H groups in total. The molecule has 0 heterocycles. The number of ether oxygens (including phenoxy) is 2. The lowest BCUT2D eigenvalue weighted by Crippen LogP contribution is -2.40. The van der Waals surface area contributed by atoms with E-state index in [9.17, 15) is 22.4 Å². The van der Waals surface area contributed by atoms with Crippen LogP contribution in [0.2, 0.25) is 0 Å². The molecule has 0 aromatic heterocycles. The highest BCUT2D eigenvalue weighted by Gasteiger charge is 2.48. The third-order valence-corrected chi connectivity index (χ3v) is 2.25. The summed E-state index contributed by atoms with van der Waals surface area (Å²) < 4.78 is 59.3. The van der Waals surface area contributed by atoms with Gasteiger partial charge in [-0.15, -0.1) is 0 Å². The fraction of sp³-hybridized carbons (Fsp3) is 0.417. The van der Waals surface area contributed by atoms with Crippen LogP contribution in [0.3, 0.4) is 0 Å². The van der Waals surface area contributed by atoms with Crippen LogP contribution in [0.15, 0.2) is 24.3 Å². The van der Waals surface area contributed by atoms with Gasteiger partial charge in [0.25, 0.3) is 0 Å². The van der Waals surface area contributed by atoms with Crippen LogP contribution in [0.25, 0.3) is 0 Å². The van der Waals surface area contributed by atoms with Crippen molar-refractivity contribution in [1.29, 1.82) is 0 Å². The molecule has 0 aliphatic carbocycles. The molecular weight excluding hydrogens is 282 g/mol. The molecule has 0 aliphatic heterocycles. The Labute approximate surface area is 112 Å². The van der Waals surface area contributed by atoms with E-state index in [0.29, 0.717) is 19.0 Å².